The van der Waals surface area contributed by atoms with Crippen molar-refractivity contribution in [1.82, 2.24) is 10.4 Å². The lowest BCUT2D eigenvalue weighted by Crippen LogP contribution is -2.45. The molecule has 3 atom stereocenters. The summed E-state index contributed by atoms with van der Waals surface area (Å²) < 4.78 is 5.54. The smallest absolute Gasteiger partial charge is 0.410 e. The van der Waals surface area contributed by atoms with Gasteiger partial charge in [0.2, 0.25) is 0 Å². The van der Waals surface area contributed by atoms with Gasteiger partial charge in [-0.25, -0.2) is 4.79 Å². The van der Waals surface area contributed by atoms with E-state index in [2.05, 4.69) is 17.6 Å². The van der Waals surface area contributed by atoms with Gasteiger partial charge in [0, 0.05) is 23.1 Å². The molecule has 5 nitrogen and oxygen atoms in total. The Morgan fingerprint density at radius 1 is 1.33 bits per heavy atom. The number of amides is 1. The molecule has 1 N–H and O–H groups in total. The number of thioether (sulfide) groups is 1. The Morgan fingerprint density at radius 3 is 2.58 bits per heavy atom. The van der Waals surface area contributed by atoms with Gasteiger partial charge in [-0.1, -0.05) is 18.2 Å². The van der Waals surface area contributed by atoms with E-state index in [1.54, 1.807) is 23.8 Å². The predicted octanol–water partition coefficient (Wildman–Crippen LogP) is 3.55. The molecule has 6 heteroatoms. The fourth-order valence-electron chi connectivity index (χ4n) is 2.89. The average Bonchev–Trinajstić information content (AvgIpc) is 2.82. The molecule has 0 unspecified atom stereocenters. The summed E-state index contributed by atoms with van der Waals surface area (Å²) in [6.45, 7) is 8.36. The lowest BCUT2D eigenvalue weighted by molar-refractivity contribution is 0.0152. The summed E-state index contributed by atoms with van der Waals surface area (Å²) in [5.74, 6) is 1.20. The van der Waals surface area contributed by atoms with Crippen molar-refractivity contribution in [2.45, 2.75) is 50.3 Å². The monoisotopic (exact) mass is 352 g/mol. The number of likely N-dealkylation sites (tertiary alicyclic amines) is 1. The molecule has 1 aliphatic heterocycles. The number of hydrogen-bond acceptors (Lipinski definition) is 5. The molecule has 1 saturated heterocycles. The number of ether oxygens (including phenoxy) is 1. The Hall–Kier alpha value is -1.24. The van der Waals surface area contributed by atoms with E-state index < -0.39 is 5.60 Å². The number of benzene rings is 1. The van der Waals surface area contributed by atoms with Crippen LogP contribution in [0, 0.1) is 5.92 Å². The van der Waals surface area contributed by atoms with Crippen LogP contribution in [0.5, 0.6) is 0 Å². The number of hydroxylamine groups is 1. The summed E-state index contributed by atoms with van der Waals surface area (Å²) in [6.07, 6.45) is -0.259. The Kier molecular flexibility index (Phi) is 6.54. The molecule has 0 aromatic heterocycles. The second-order valence-corrected chi connectivity index (χ2v) is 8.20. The quantitative estimate of drug-likeness (QED) is 0.649. The van der Waals surface area contributed by atoms with Crippen LogP contribution in [0.3, 0.4) is 0 Å². The number of carbonyl (C=O) groups excluding carboxylic acids is 1. The molecule has 0 radical (unpaired) electrons. The third-order valence-electron chi connectivity index (χ3n) is 4.04. The third kappa shape index (κ3) is 5.13. The van der Waals surface area contributed by atoms with Gasteiger partial charge in [-0.05, 0) is 39.8 Å². The van der Waals surface area contributed by atoms with Crippen molar-refractivity contribution in [1.29, 1.82) is 0 Å². The molecule has 0 aliphatic carbocycles. The summed E-state index contributed by atoms with van der Waals surface area (Å²) in [5, 5.41) is 0. The molecular formula is C18H28N2O3S. The minimum atomic E-state index is -0.488. The van der Waals surface area contributed by atoms with Gasteiger partial charge in [0.1, 0.15) is 5.60 Å². The molecule has 0 spiro atoms. The molecule has 0 saturated carbocycles. The molecule has 1 aromatic carbocycles. The van der Waals surface area contributed by atoms with E-state index >= 15 is 0 Å². The summed E-state index contributed by atoms with van der Waals surface area (Å²) >= 11 is 1.80. The molecule has 134 valence electrons. The van der Waals surface area contributed by atoms with Gasteiger partial charge >= 0.3 is 6.09 Å². The highest BCUT2D eigenvalue weighted by Crippen LogP contribution is 2.30. The zero-order valence-corrected chi connectivity index (χ0v) is 15.9. The van der Waals surface area contributed by atoms with Crippen molar-refractivity contribution >= 4 is 17.9 Å². The van der Waals surface area contributed by atoms with E-state index in [-0.39, 0.29) is 24.1 Å². The third-order valence-corrected chi connectivity index (χ3v) is 5.24. The van der Waals surface area contributed by atoms with Crippen LogP contribution < -0.4 is 5.48 Å². The highest BCUT2D eigenvalue weighted by Gasteiger charge is 2.43. The lowest BCUT2D eigenvalue weighted by Gasteiger charge is -2.28. The highest BCUT2D eigenvalue weighted by molar-refractivity contribution is 7.99. The number of rotatable bonds is 5. The predicted molar refractivity (Wildman–Crippen MR) is 97.0 cm³/mol. The molecule has 1 aromatic rings. The first-order valence-corrected chi connectivity index (χ1v) is 9.26. The van der Waals surface area contributed by atoms with Crippen molar-refractivity contribution in [3.8, 4) is 0 Å². The second-order valence-electron chi connectivity index (χ2n) is 7.11. The van der Waals surface area contributed by atoms with E-state index in [1.165, 1.54) is 4.90 Å². The molecule has 2 rings (SSSR count). The summed E-state index contributed by atoms with van der Waals surface area (Å²) in [5.41, 5.74) is 2.58. The van der Waals surface area contributed by atoms with Crippen LogP contribution in [0.15, 0.2) is 35.2 Å². The van der Waals surface area contributed by atoms with E-state index in [4.69, 9.17) is 9.57 Å². The molecule has 24 heavy (non-hydrogen) atoms. The summed E-state index contributed by atoms with van der Waals surface area (Å²) in [4.78, 5) is 20.7. The number of nitrogens with zero attached hydrogens (tertiary/aromatic N) is 1. The second kappa shape index (κ2) is 8.23. The molecule has 1 aliphatic rings. The maximum atomic E-state index is 12.5. The molecular weight excluding hydrogens is 324 g/mol. The molecule has 0 bridgehead atoms. The van der Waals surface area contributed by atoms with E-state index in [0.717, 1.165) is 5.75 Å². The van der Waals surface area contributed by atoms with Crippen LogP contribution in [0.4, 0.5) is 4.79 Å². The van der Waals surface area contributed by atoms with Crippen molar-refractivity contribution < 1.29 is 14.4 Å². The average molecular weight is 353 g/mol. The van der Waals surface area contributed by atoms with E-state index in [0.29, 0.717) is 6.54 Å². The minimum absolute atomic E-state index is 0.0150. The normalized spacial score (nSPS) is 24.2. The van der Waals surface area contributed by atoms with Crippen LogP contribution in [-0.2, 0) is 9.57 Å². The Labute approximate surface area is 149 Å². The Balaban J connectivity index is 2.02. The number of nitrogens with one attached hydrogen (secondary N) is 1. The van der Waals surface area contributed by atoms with Crippen LogP contribution in [0.1, 0.15) is 27.7 Å². The van der Waals surface area contributed by atoms with E-state index in [9.17, 15) is 4.79 Å². The largest absolute Gasteiger partial charge is 0.444 e. The minimum Gasteiger partial charge on any atom is -0.444 e. The van der Waals surface area contributed by atoms with Gasteiger partial charge in [0.15, 0.2) is 0 Å². The van der Waals surface area contributed by atoms with Gasteiger partial charge in [0.25, 0.3) is 0 Å². The Morgan fingerprint density at radius 2 is 2.00 bits per heavy atom. The molecule has 1 heterocycles. The number of carbonyl (C=O) groups is 1. The Bertz CT molecular complexity index is 533. The standard InChI is InChI=1S/C18H28N2O3S/c1-13-16(19-22-5)14(12-24-15-9-7-6-8-10-15)11-20(13)17(21)23-18(2,3)4/h6-10,13-14,16,19H,11-12H2,1-5H3/t13-,14+,16-/m0/s1. The zero-order chi connectivity index (χ0) is 17.7. The van der Waals surface area contributed by atoms with Gasteiger partial charge < -0.3 is 14.5 Å². The highest BCUT2D eigenvalue weighted by atomic mass is 32.2. The zero-order valence-electron chi connectivity index (χ0n) is 15.1. The lowest BCUT2D eigenvalue weighted by atomic mass is 10.0. The summed E-state index contributed by atoms with van der Waals surface area (Å²) in [6, 6.07) is 10.4. The van der Waals surface area contributed by atoms with Crippen LogP contribution in [0.25, 0.3) is 0 Å². The van der Waals surface area contributed by atoms with Crippen molar-refractivity contribution in [2.24, 2.45) is 5.92 Å². The molecule has 1 amide bonds. The van der Waals surface area contributed by atoms with Gasteiger partial charge in [-0.3, -0.25) is 0 Å². The van der Waals surface area contributed by atoms with Crippen molar-refractivity contribution in [3.05, 3.63) is 30.3 Å². The summed E-state index contributed by atoms with van der Waals surface area (Å²) in [7, 11) is 1.62. The fourth-order valence-corrected chi connectivity index (χ4v) is 3.96. The van der Waals surface area contributed by atoms with Crippen molar-refractivity contribution in [3.63, 3.8) is 0 Å². The van der Waals surface area contributed by atoms with Gasteiger partial charge in [-0.2, -0.15) is 5.48 Å². The maximum Gasteiger partial charge on any atom is 0.410 e. The van der Waals surface area contributed by atoms with Gasteiger partial charge in [-0.15, -0.1) is 11.8 Å². The first-order chi connectivity index (χ1) is 11.3. The topological polar surface area (TPSA) is 50.8 Å². The van der Waals surface area contributed by atoms with Crippen LogP contribution in [-0.4, -0.2) is 48.1 Å². The maximum absolute atomic E-state index is 12.5. The molecule has 1 fully saturated rings. The first kappa shape index (κ1) is 19.1. The SMILES string of the molecule is CON[C@@H]1[C@@H](CSc2ccccc2)CN(C(=O)OC(C)(C)C)[C@H]1C. The van der Waals surface area contributed by atoms with E-state index in [1.807, 2.05) is 45.9 Å². The van der Waals surface area contributed by atoms with Crippen molar-refractivity contribution in [2.75, 3.05) is 19.4 Å². The van der Waals surface area contributed by atoms with Gasteiger partial charge in [0.05, 0.1) is 19.2 Å². The first-order valence-electron chi connectivity index (χ1n) is 8.28. The fraction of sp³-hybridized carbons (Fsp3) is 0.611. The number of hydrogen-bond donors (Lipinski definition) is 1. The van der Waals surface area contributed by atoms with Crippen LogP contribution in [0.2, 0.25) is 0 Å². The van der Waals surface area contributed by atoms with Crippen LogP contribution >= 0.6 is 11.8 Å².